The molecule has 144 valence electrons. The Morgan fingerprint density at radius 3 is 2.55 bits per heavy atom. The summed E-state index contributed by atoms with van der Waals surface area (Å²) in [5, 5.41) is 3.32. The molecule has 0 aliphatic carbocycles. The zero-order valence-electron chi connectivity index (χ0n) is 15.8. The summed E-state index contributed by atoms with van der Waals surface area (Å²) in [6.07, 6.45) is 0. The minimum absolute atomic E-state index is 0.164. The van der Waals surface area contributed by atoms with E-state index < -0.39 is 0 Å². The van der Waals surface area contributed by atoms with Crippen molar-refractivity contribution in [1.82, 2.24) is 9.97 Å². The van der Waals surface area contributed by atoms with Crippen LogP contribution in [0.25, 0.3) is 22.3 Å². The lowest BCUT2D eigenvalue weighted by Gasteiger charge is -2.12. The van der Waals surface area contributed by atoms with Gasteiger partial charge in [-0.05, 0) is 43.3 Å². The summed E-state index contributed by atoms with van der Waals surface area (Å²) in [4.78, 5) is 31.9. The first-order valence-electron chi connectivity index (χ1n) is 9.18. The van der Waals surface area contributed by atoms with Gasteiger partial charge in [-0.2, -0.15) is 0 Å². The number of hydrogen-bond acceptors (Lipinski definition) is 4. The Morgan fingerprint density at radius 2 is 1.72 bits per heavy atom. The highest BCUT2D eigenvalue weighted by molar-refractivity contribution is 5.92. The van der Waals surface area contributed by atoms with Crippen LogP contribution in [-0.4, -0.2) is 22.5 Å². The van der Waals surface area contributed by atoms with Gasteiger partial charge in [-0.15, -0.1) is 0 Å². The average molecular weight is 385 g/mol. The van der Waals surface area contributed by atoms with Crippen LogP contribution in [-0.2, 0) is 4.79 Å². The SMILES string of the molecule is Cc1ccc(NC(=O)COc2ccccc2-c2nc3ccccc3c(=O)[nH]2)cc1. The Balaban J connectivity index is 1.55. The molecule has 1 aromatic heterocycles. The number of hydrogen-bond donors (Lipinski definition) is 2. The van der Waals surface area contributed by atoms with Crippen LogP contribution >= 0.6 is 0 Å². The molecule has 0 bridgehead atoms. The van der Waals surface area contributed by atoms with E-state index in [1.54, 1.807) is 36.4 Å². The molecule has 1 amide bonds. The number of aryl methyl sites for hydroxylation is 1. The summed E-state index contributed by atoms with van der Waals surface area (Å²) in [6, 6.07) is 21.8. The van der Waals surface area contributed by atoms with Crippen molar-refractivity contribution < 1.29 is 9.53 Å². The van der Waals surface area contributed by atoms with Crippen molar-refractivity contribution in [3.05, 3.63) is 88.7 Å². The van der Waals surface area contributed by atoms with Crippen LogP contribution in [0.2, 0.25) is 0 Å². The first kappa shape index (κ1) is 18.4. The summed E-state index contributed by atoms with van der Waals surface area (Å²) in [5.41, 5.74) is 2.80. The molecule has 0 saturated carbocycles. The van der Waals surface area contributed by atoms with Gasteiger partial charge in [-0.3, -0.25) is 9.59 Å². The van der Waals surface area contributed by atoms with Gasteiger partial charge in [-0.1, -0.05) is 42.0 Å². The number of para-hydroxylation sites is 2. The minimum Gasteiger partial charge on any atom is -0.483 e. The molecule has 1 heterocycles. The van der Waals surface area contributed by atoms with Gasteiger partial charge in [0.25, 0.3) is 11.5 Å². The molecular formula is C23H19N3O3. The van der Waals surface area contributed by atoms with Crippen molar-refractivity contribution in [3.8, 4) is 17.1 Å². The molecule has 2 N–H and O–H groups in total. The smallest absolute Gasteiger partial charge is 0.262 e. The number of nitrogens with zero attached hydrogens (tertiary/aromatic N) is 1. The molecule has 29 heavy (non-hydrogen) atoms. The number of benzene rings is 3. The summed E-state index contributed by atoms with van der Waals surface area (Å²) >= 11 is 0. The van der Waals surface area contributed by atoms with E-state index in [1.807, 2.05) is 43.3 Å². The largest absolute Gasteiger partial charge is 0.483 e. The molecule has 4 aromatic rings. The van der Waals surface area contributed by atoms with Gasteiger partial charge in [0.2, 0.25) is 0 Å². The number of H-pyrrole nitrogens is 1. The topological polar surface area (TPSA) is 84.1 Å². The zero-order valence-corrected chi connectivity index (χ0v) is 15.8. The van der Waals surface area contributed by atoms with Gasteiger partial charge in [0.1, 0.15) is 11.6 Å². The van der Waals surface area contributed by atoms with Crippen LogP contribution in [0.5, 0.6) is 5.75 Å². The number of amides is 1. The number of ether oxygens (including phenoxy) is 1. The molecule has 0 saturated heterocycles. The lowest BCUT2D eigenvalue weighted by molar-refractivity contribution is -0.118. The second kappa shape index (κ2) is 7.98. The standard InChI is InChI=1S/C23H19N3O3/c1-15-10-12-16(13-11-15)24-21(27)14-29-20-9-5-3-7-18(20)22-25-19-8-4-2-6-17(19)23(28)26-22/h2-13H,14H2,1H3,(H,24,27)(H,25,26,28). The number of carbonyl (C=O) groups is 1. The molecule has 0 atom stereocenters. The molecule has 0 aliphatic heterocycles. The molecule has 4 rings (SSSR count). The number of aromatic nitrogens is 2. The minimum atomic E-state index is -0.274. The van der Waals surface area contributed by atoms with Crippen LogP contribution in [0.4, 0.5) is 5.69 Å². The monoisotopic (exact) mass is 385 g/mol. The van der Waals surface area contributed by atoms with Gasteiger partial charge < -0.3 is 15.0 Å². The number of fused-ring (bicyclic) bond motifs is 1. The molecule has 0 fully saturated rings. The molecule has 0 aliphatic rings. The number of nitrogens with one attached hydrogen (secondary N) is 2. The highest BCUT2D eigenvalue weighted by Crippen LogP contribution is 2.27. The molecule has 0 spiro atoms. The maximum Gasteiger partial charge on any atom is 0.262 e. The first-order chi connectivity index (χ1) is 14.1. The Kier molecular flexibility index (Phi) is 5.07. The fourth-order valence-corrected chi connectivity index (χ4v) is 2.98. The van der Waals surface area contributed by atoms with Crippen LogP contribution in [0.15, 0.2) is 77.6 Å². The third kappa shape index (κ3) is 4.16. The van der Waals surface area contributed by atoms with Crippen LogP contribution in [0.3, 0.4) is 0 Å². The van der Waals surface area contributed by atoms with Crippen molar-refractivity contribution >= 4 is 22.5 Å². The summed E-state index contributed by atoms with van der Waals surface area (Å²) in [5.74, 6) is 0.580. The van der Waals surface area contributed by atoms with Gasteiger partial charge in [0.15, 0.2) is 6.61 Å². The summed E-state index contributed by atoms with van der Waals surface area (Å²) < 4.78 is 5.73. The molecule has 0 unspecified atom stereocenters. The predicted molar refractivity (Wildman–Crippen MR) is 113 cm³/mol. The van der Waals surface area contributed by atoms with E-state index in [-0.39, 0.29) is 18.1 Å². The zero-order chi connectivity index (χ0) is 20.2. The van der Waals surface area contributed by atoms with Crippen molar-refractivity contribution in [2.75, 3.05) is 11.9 Å². The van der Waals surface area contributed by atoms with Gasteiger partial charge in [0, 0.05) is 5.69 Å². The second-order valence-corrected chi connectivity index (χ2v) is 6.63. The van der Waals surface area contributed by atoms with E-state index in [2.05, 4.69) is 15.3 Å². The first-order valence-corrected chi connectivity index (χ1v) is 9.18. The highest BCUT2D eigenvalue weighted by atomic mass is 16.5. The van der Waals surface area contributed by atoms with E-state index in [0.29, 0.717) is 33.7 Å². The quantitative estimate of drug-likeness (QED) is 0.545. The Bertz CT molecular complexity index is 1230. The van der Waals surface area contributed by atoms with Crippen molar-refractivity contribution in [1.29, 1.82) is 0 Å². The Hall–Kier alpha value is -3.93. The summed E-state index contributed by atoms with van der Waals surface area (Å²) in [6.45, 7) is 1.82. The number of carbonyl (C=O) groups excluding carboxylic acids is 1. The van der Waals surface area contributed by atoms with Crippen molar-refractivity contribution in [2.45, 2.75) is 6.92 Å². The van der Waals surface area contributed by atoms with Crippen LogP contribution < -0.4 is 15.6 Å². The number of aromatic amines is 1. The normalized spacial score (nSPS) is 10.7. The van der Waals surface area contributed by atoms with Crippen LogP contribution in [0, 0.1) is 6.92 Å². The van der Waals surface area contributed by atoms with E-state index >= 15 is 0 Å². The second-order valence-electron chi connectivity index (χ2n) is 6.63. The maximum atomic E-state index is 12.4. The molecular weight excluding hydrogens is 366 g/mol. The van der Waals surface area contributed by atoms with Gasteiger partial charge in [-0.25, -0.2) is 4.98 Å². The molecule has 6 heteroatoms. The van der Waals surface area contributed by atoms with E-state index in [1.165, 1.54) is 0 Å². The summed E-state index contributed by atoms with van der Waals surface area (Å²) in [7, 11) is 0. The van der Waals surface area contributed by atoms with Gasteiger partial charge in [0.05, 0.1) is 16.5 Å². The maximum absolute atomic E-state index is 12.4. The third-order valence-corrected chi connectivity index (χ3v) is 4.45. The average Bonchev–Trinajstić information content (AvgIpc) is 2.74. The van der Waals surface area contributed by atoms with E-state index in [4.69, 9.17) is 4.74 Å². The fourth-order valence-electron chi connectivity index (χ4n) is 2.98. The lowest BCUT2D eigenvalue weighted by Crippen LogP contribution is -2.20. The third-order valence-electron chi connectivity index (χ3n) is 4.45. The highest BCUT2D eigenvalue weighted by Gasteiger charge is 2.12. The van der Waals surface area contributed by atoms with E-state index in [9.17, 15) is 9.59 Å². The molecule has 0 radical (unpaired) electrons. The Morgan fingerprint density at radius 1 is 1.00 bits per heavy atom. The van der Waals surface area contributed by atoms with E-state index in [0.717, 1.165) is 5.56 Å². The lowest BCUT2D eigenvalue weighted by atomic mass is 10.1. The van der Waals surface area contributed by atoms with Crippen molar-refractivity contribution in [3.63, 3.8) is 0 Å². The van der Waals surface area contributed by atoms with Crippen molar-refractivity contribution in [2.24, 2.45) is 0 Å². The van der Waals surface area contributed by atoms with Gasteiger partial charge >= 0.3 is 0 Å². The Labute approximate surface area is 167 Å². The fraction of sp³-hybridized carbons (Fsp3) is 0.0870. The molecule has 3 aromatic carbocycles. The molecule has 6 nitrogen and oxygen atoms in total. The predicted octanol–water partition coefficient (Wildman–Crippen LogP) is 3.92. The number of anilines is 1. The van der Waals surface area contributed by atoms with Crippen LogP contribution in [0.1, 0.15) is 5.56 Å². The number of rotatable bonds is 5.